The molecular weight excluding hydrogens is 233 g/mol. The van der Waals surface area contributed by atoms with Gasteiger partial charge in [0.25, 0.3) is 5.91 Å². The second-order valence-electron chi connectivity index (χ2n) is 4.35. The average Bonchev–Trinajstić information content (AvgIpc) is 2.36. The van der Waals surface area contributed by atoms with E-state index in [9.17, 15) is 9.18 Å². The van der Waals surface area contributed by atoms with Gasteiger partial charge >= 0.3 is 0 Å². The Kier molecular flexibility index (Phi) is 5.78. The van der Waals surface area contributed by atoms with E-state index in [1.807, 2.05) is 13.8 Å². The summed E-state index contributed by atoms with van der Waals surface area (Å²) in [7, 11) is 0. The number of carbonyl (C=O) groups excluding carboxylic acids is 1. The first kappa shape index (κ1) is 14.6. The smallest absolute Gasteiger partial charge is 0.256 e. The third-order valence-corrected chi connectivity index (χ3v) is 2.79. The molecule has 1 aromatic carbocycles. The topological polar surface area (TPSA) is 40.5 Å². The van der Waals surface area contributed by atoms with Gasteiger partial charge in [0.15, 0.2) is 0 Å². The van der Waals surface area contributed by atoms with Crippen LogP contribution in [0.15, 0.2) is 18.2 Å². The molecular formula is C14H20FNO2. The number of nitrogens with zero attached hydrogens (tertiary/aromatic N) is 1. The van der Waals surface area contributed by atoms with Crippen molar-refractivity contribution in [1.82, 2.24) is 4.90 Å². The van der Waals surface area contributed by atoms with E-state index in [0.29, 0.717) is 6.54 Å². The number of benzene rings is 1. The van der Waals surface area contributed by atoms with Crippen molar-refractivity contribution in [3.8, 4) is 0 Å². The Hall–Kier alpha value is -1.42. The molecule has 0 spiro atoms. The van der Waals surface area contributed by atoms with Crippen LogP contribution in [0.5, 0.6) is 0 Å². The van der Waals surface area contributed by atoms with Crippen LogP contribution in [0.25, 0.3) is 0 Å². The summed E-state index contributed by atoms with van der Waals surface area (Å²) >= 11 is 0. The number of aliphatic hydroxyl groups excluding tert-OH is 1. The molecule has 1 aromatic rings. The van der Waals surface area contributed by atoms with Crippen molar-refractivity contribution in [3.63, 3.8) is 0 Å². The fourth-order valence-electron chi connectivity index (χ4n) is 1.76. The number of hydrogen-bond donors (Lipinski definition) is 1. The molecule has 0 aromatic heterocycles. The van der Waals surface area contributed by atoms with E-state index in [1.165, 1.54) is 11.0 Å². The van der Waals surface area contributed by atoms with Gasteiger partial charge < -0.3 is 10.0 Å². The SMILES string of the molecule is CCCCN(CCO)C(=O)c1cc(C)ccc1F. The van der Waals surface area contributed by atoms with Crippen LogP contribution in [-0.4, -0.2) is 35.6 Å². The minimum atomic E-state index is -0.509. The van der Waals surface area contributed by atoms with Crippen molar-refractivity contribution in [2.45, 2.75) is 26.7 Å². The summed E-state index contributed by atoms with van der Waals surface area (Å²) in [5.74, 6) is -0.858. The third-order valence-electron chi connectivity index (χ3n) is 2.79. The largest absolute Gasteiger partial charge is 0.395 e. The lowest BCUT2D eigenvalue weighted by atomic mass is 10.1. The molecule has 100 valence electrons. The monoisotopic (exact) mass is 253 g/mol. The summed E-state index contributed by atoms with van der Waals surface area (Å²) in [4.78, 5) is 13.7. The minimum absolute atomic E-state index is 0.0829. The molecule has 0 atom stereocenters. The highest BCUT2D eigenvalue weighted by molar-refractivity contribution is 5.94. The zero-order valence-electron chi connectivity index (χ0n) is 10.9. The summed E-state index contributed by atoms with van der Waals surface area (Å²) in [6, 6.07) is 4.49. The standard InChI is InChI=1S/C14H20FNO2/c1-3-4-7-16(8-9-17)14(18)12-10-11(2)5-6-13(12)15/h5-6,10,17H,3-4,7-9H2,1-2H3. The van der Waals surface area contributed by atoms with Crippen LogP contribution in [0.3, 0.4) is 0 Å². The first-order chi connectivity index (χ1) is 8.60. The first-order valence-corrected chi connectivity index (χ1v) is 6.26. The Balaban J connectivity index is 2.90. The number of aryl methyl sites for hydroxylation is 1. The lowest BCUT2D eigenvalue weighted by Crippen LogP contribution is -2.35. The molecule has 0 fully saturated rings. The van der Waals surface area contributed by atoms with E-state index in [2.05, 4.69) is 0 Å². The molecule has 0 aliphatic heterocycles. The summed E-state index contributed by atoms with van der Waals surface area (Å²) in [6.45, 7) is 4.52. The second kappa shape index (κ2) is 7.11. The van der Waals surface area contributed by atoms with Gasteiger partial charge in [-0.15, -0.1) is 0 Å². The van der Waals surface area contributed by atoms with Crippen LogP contribution in [0.1, 0.15) is 35.7 Å². The summed E-state index contributed by atoms with van der Waals surface area (Å²) < 4.78 is 13.6. The maximum atomic E-state index is 13.6. The lowest BCUT2D eigenvalue weighted by molar-refractivity contribution is 0.0714. The molecule has 1 amide bonds. The van der Waals surface area contributed by atoms with E-state index < -0.39 is 5.82 Å². The van der Waals surface area contributed by atoms with Gasteiger partial charge in [-0.1, -0.05) is 25.0 Å². The highest BCUT2D eigenvalue weighted by Gasteiger charge is 2.18. The highest BCUT2D eigenvalue weighted by Crippen LogP contribution is 2.13. The van der Waals surface area contributed by atoms with Crippen molar-refractivity contribution >= 4 is 5.91 Å². The molecule has 0 unspecified atom stereocenters. The van der Waals surface area contributed by atoms with Gasteiger partial charge in [-0.05, 0) is 25.5 Å². The summed E-state index contributed by atoms with van der Waals surface area (Å²) in [6.07, 6.45) is 1.80. The van der Waals surface area contributed by atoms with E-state index in [4.69, 9.17) is 5.11 Å². The van der Waals surface area contributed by atoms with Gasteiger partial charge in [0.2, 0.25) is 0 Å². The van der Waals surface area contributed by atoms with Gasteiger partial charge in [-0.25, -0.2) is 4.39 Å². The van der Waals surface area contributed by atoms with Gasteiger partial charge in [0.05, 0.1) is 12.2 Å². The Morgan fingerprint density at radius 2 is 2.11 bits per heavy atom. The van der Waals surface area contributed by atoms with Crippen molar-refractivity contribution in [2.24, 2.45) is 0 Å². The average molecular weight is 253 g/mol. The van der Waals surface area contributed by atoms with Gasteiger partial charge in [0, 0.05) is 13.1 Å². The molecule has 0 aliphatic rings. The van der Waals surface area contributed by atoms with Crippen LogP contribution in [0, 0.1) is 12.7 Å². The molecule has 3 nitrogen and oxygen atoms in total. The van der Waals surface area contributed by atoms with Crippen molar-refractivity contribution in [3.05, 3.63) is 35.1 Å². The summed E-state index contributed by atoms with van der Waals surface area (Å²) in [5.41, 5.74) is 0.929. The zero-order valence-corrected chi connectivity index (χ0v) is 10.9. The van der Waals surface area contributed by atoms with Crippen LogP contribution >= 0.6 is 0 Å². The molecule has 0 bridgehead atoms. The van der Waals surface area contributed by atoms with Gasteiger partial charge in [-0.2, -0.15) is 0 Å². The second-order valence-corrected chi connectivity index (χ2v) is 4.35. The fraction of sp³-hybridized carbons (Fsp3) is 0.500. The molecule has 1 N–H and O–H groups in total. The normalized spacial score (nSPS) is 10.4. The van der Waals surface area contributed by atoms with Crippen molar-refractivity contribution < 1.29 is 14.3 Å². The Labute approximate surface area is 107 Å². The first-order valence-electron chi connectivity index (χ1n) is 6.26. The fourth-order valence-corrected chi connectivity index (χ4v) is 1.76. The number of amides is 1. The van der Waals surface area contributed by atoms with Crippen LogP contribution < -0.4 is 0 Å². The van der Waals surface area contributed by atoms with Crippen LogP contribution in [0.4, 0.5) is 4.39 Å². The molecule has 0 aliphatic carbocycles. The Morgan fingerprint density at radius 1 is 1.39 bits per heavy atom. The molecule has 0 saturated heterocycles. The Morgan fingerprint density at radius 3 is 2.72 bits per heavy atom. The maximum Gasteiger partial charge on any atom is 0.256 e. The maximum absolute atomic E-state index is 13.6. The zero-order chi connectivity index (χ0) is 13.5. The third kappa shape index (κ3) is 3.81. The molecule has 18 heavy (non-hydrogen) atoms. The number of carbonyl (C=O) groups is 1. The van der Waals surface area contributed by atoms with E-state index in [-0.39, 0.29) is 24.6 Å². The van der Waals surface area contributed by atoms with Gasteiger partial charge in [-0.3, -0.25) is 4.79 Å². The minimum Gasteiger partial charge on any atom is -0.395 e. The predicted octanol–water partition coefficient (Wildman–Crippen LogP) is 2.37. The van der Waals surface area contributed by atoms with Crippen LogP contribution in [-0.2, 0) is 0 Å². The van der Waals surface area contributed by atoms with E-state index in [0.717, 1.165) is 18.4 Å². The van der Waals surface area contributed by atoms with Gasteiger partial charge in [0.1, 0.15) is 5.82 Å². The molecule has 0 radical (unpaired) electrons. The van der Waals surface area contributed by atoms with Crippen LogP contribution in [0.2, 0.25) is 0 Å². The predicted molar refractivity (Wildman–Crippen MR) is 69.0 cm³/mol. The Bertz CT molecular complexity index is 407. The number of aliphatic hydroxyl groups is 1. The molecule has 0 heterocycles. The number of hydrogen-bond acceptors (Lipinski definition) is 2. The molecule has 4 heteroatoms. The number of halogens is 1. The molecule has 0 saturated carbocycles. The van der Waals surface area contributed by atoms with E-state index in [1.54, 1.807) is 12.1 Å². The van der Waals surface area contributed by atoms with Crippen molar-refractivity contribution in [2.75, 3.05) is 19.7 Å². The summed E-state index contributed by atoms with van der Waals surface area (Å²) in [5, 5.41) is 8.97. The molecule has 1 rings (SSSR count). The number of unbranched alkanes of at least 4 members (excludes halogenated alkanes) is 1. The number of rotatable bonds is 6. The lowest BCUT2D eigenvalue weighted by Gasteiger charge is -2.22. The quantitative estimate of drug-likeness (QED) is 0.845. The van der Waals surface area contributed by atoms with Crippen molar-refractivity contribution in [1.29, 1.82) is 0 Å². The highest BCUT2D eigenvalue weighted by atomic mass is 19.1. The van der Waals surface area contributed by atoms with E-state index >= 15 is 0 Å².